The van der Waals surface area contributed by atoms with Crippen LogP contribution in [0.1, 0.15) is 41.0 Å². The molecular weight excluding hydrogens is 342 g/mol. The minimum Gasteiger partial charge on any atom is -0.469 e. The van der Waals surface area contributed by atoms with Gasteiger partial charge in [0.05, 0.1) is 29.4 Å². The summed E-state index contributed by atoms with van der Waals surface area (Å²) in [5, 5.41) is 0. The van der Waals surface area contributed by atoms with Crippen LogP contribution < -0.4 is 0 Å². The quantitative estimate of drug-likeness (QED) is 0.602. The lowest BCUT2D eigenvalue weighted by Gasteiger charge is -2.08. The molecule has 6 nitrogen and oxygen atoms in total. The molecule has 1 aliphatic heterocycles. The van der Waals surface area contributed by atoms with E-state index in [4.69, 9.17) is 4.74 Å². The Kier molecular flexibility index (Phi) is 4.51. The fraction of sp³-hybridized carbons (Fsp3) is 0.333. The van der Waals surface area contributed by atoms with E-state index in [1.807, 2.05) is 4.57 Å². The molecule has 0 aliphatic carbocycles. The molecule has 1 aromatic carbocycles. The molecule has 0 saturated heterocycles. The average Bonchev–Trinajstić information content (AvgIpc) is 3.22. The predicted molar refractivity (Wildman–Crippen MR) is 91.4 cm³/mol. The van der Waals surface area contributed by atoms with E-state index < -0.39 is 9.84 Å². The van der Waals surface area contributed by atoms with Crippen molar-refractivity contribution in [3.63, 3.8) is 0 Å². The third-order valence-corrected chi connectivity index (χ3v) is 6.30. The summed E-state index contributed by atoms with van der Waals surface area (Å²) in [5.74, 6) is -0.957. The summed E-state index contributed by atoms with van der Waals surface area (Å²) in [4.78, 5) is 24.8. The van der Waals surface area contributed by atoms with Crippen molar-refractivity contribution in [1.82, 2.24) is 4.57 Å². The number of hydrogen-bond acceptors (Lipinski definition) is 5. The summed E-state index contributed by atoms with van der Waals surface area (Å²) >= 11 is 0. The molecule has 1 atom stereocenters. The molecule has 0 spiro atoms. The molecule has 0 bridgehead atoms. The second-order valence-corrected chi connectivity index (χ2v) is 8.20. The number of fused-ring (bicyclic) bond motifs is 1. The molecule has 2 aromatic rings. The predicted octanol–water partition coefficient (Wildman–Crippen LogP) is 2.17. The first kappa shape index (κ1) is 17.4. The van der Waals surface area contributed by atoms with Crippen molar-refractivity contribution in [1.29, 1.82) is 0 Å². The maximum Gasteiger partial charge on any atom is 0.314 e. The topological polar surface area (TPSA) is 82.4 Å². The SMILES string of the molecule is CCS(=O)(=O)c1cccc(C(=O)c2ccc3n2CCC3C(=O)OC)c1. The number of nitrogens with zero attached hydrogens (tertiary/aromatic N) is 1. The Balaban J connectivity index is 1.97. The van der Waals surface area contributed by atoms with Crippen molar-refractivity contribution in [3.8, 4) is 0 Å². The summed E-state index contributed by atoms with van der Waals surface area (Å²) < 4.78 is 30.7. The van der Waals surface area contributed by atoms with Crippen molar-refractivity contribution < 1.29 is 22.7 Å². The van der Waals surface area contributed by atoms with Gasteiger partial charge < -0.3 is 9.30 Å². The maximum absolute atomic E-state index is 12.8. The lowest BCUT2D eigenvalue weighted by Crippen LogP contribution is -2.12. The van der Waals surface area contributed by atoms with Crippen molar-refractivity contribution in [2.45, 2.75) is 30.7 Å². The highest BCUT2D eigenvalue weighted by molar-refractivity contribution is 7.91. The van der Waals surface area contributed by atoms with Gasteiger partial charge in [-0.05, 0) is 30.7 Å². The van der Waals surface area contributed by atoms with Crippen LogP contribution in [0.2, 0.25) is 0 Å². The van der Waals surface area contributed by atoms with Gasteiger partial charge in [0.15, 0.2) is 9.84 Å². The largest absolute Gasteiger partial charge is 0.469 e. The third kappa shape index (κ3) is 3.00. The molecule has 1 unspecified atom stereocenters. The minimum atomic E-state index is -3.38. The third-order valence-electron chi connectivity index (χ3n) is 4.57. The van der Waals surface area contributed by atoms with Gasteiger partial charge in [-0.3, -0.25) is 9.59 Å². The monoisotopic (exact) mass is 361 g/mol. The highest BCUT2D eigenvalue weighted by Crippen LogP contribution is 2.32. The molecule has 1 aromatic heterocycles. The number of carbonyl (C=O) groups is 2. The number of aromatic nitrogens is 1. The van der Waals surface area contributed by atoms with Crippen LogP contribution in [0.15, 0.2) is 41.3 Å². The van der Waals surface area contributed by atoms with E-state index in [1.165, 1.54) is 19.2 Å². The Labute approximate surface area is 146 Å². The van der Waals surface area contributed by atoms with Gasteiger partial charge >= 0.3 is 5.97 Å². The molecule has 0 N–H and O–H groups in total. The van der Waals surface area contributed by atoms with Crippen molar-refractivity contribution >= 4 is 21.6 Å². The average molecular weight is 361 g/mol. The van der Waals surface area contributed by atoms with E-state index in [9.17, 15) is 18.0 Å². The summed E-state index contributed by atoms with van der Waals surface area (Å²) in [5.41, 5.74) is 1.52. The molecule has 0 fully saturated rings. The first-order chi connectivity index (χ1) is 11.9. The molecule has 0 amide bonds. The van der Waals surface area contributed by atoms with Gasteiger partial charge in [-0.1, -0.05) is 19.1 Å². The van der Waals surface area contributed by atoms with Crippen LogP contribution in [0.4, 0.5) is 0 Å². The first-order valence-corrected chi connectivity index (χ1v) is 9.69. The number of esters is 1. The zero-order valence-electron chi connectivity index (χ0n) is 14.1. The summed E-state index contributed by atoms with van der Waals surface area (Å²) in [6.07, 6.45) is 0.591. The fourth-order valence-electron chi connectivity index (χ4n) is 3.17. The molecule has 2 heterocycles. The van der Waals surface area contributed by atoms with Crippen molar-refractivity contribution in [3.05, 3.63) is 53.3 Å². The number of benzene rings is 1. The van der Waals surface area contributed by atoms with E-state index in [0.717, 1.165) is 5.69 Å². The zero-order valence-corrected chi connectivity index (χ0v) is 14.9. The number of hydrogen-bond donors (Lipinski definition) is 0. The second kappa shape index (κ2) is 6.48. The molecular formula is C18H19NO5S. The van der Waals surface area contributed by atoms with Crippen LogP contribution in [0, 0.1) is 0 Å². The Morgan fingerprint density at radius 2 is 2.00 bits per heavy atom. The van der Waals surface area contributed by atoms with E-state index in [0.29, 0.717) is 24.2 Å². The van der Waals surface area contributed by atoms with Crippen LogP contribution in [0.25, 0.3) is 0 Å². The lowest BCUT2D eigenvalue weighted by molar-refractivity contribution is -0.142. The van der Waals surface area contributed by atoms with Gasteiger partial charge in [0.1, 0.15) is 0 Å². The molecule has 25 heavy (non-hydrogen) atoms. The van der Waals surface area contributed by atoms with Gasteiger partial charge in [-0.15, -0.1) is 0 Å². The standard InChI is InChI=1S/C18H19NO5S/c1-3-25(22,23)13-6-4-5-12(11-13)17(20)16-8-7-15-14(18(21)24-2)9-10-19(15)16/h4-8,11,14H,3,9-10H2,1-2H3. The number of rotatable bonds is 5. The fourth-order valence-corrected chi connectivity index (χ4v) is 4.09. The van der Waals surface area contributed by atoms with Crippen molar-refractivity contribution in [2.24, 2.45) is 0 Å². The van der Waals surface area contributed by atoms with E-state index >= 15 is 0 Å². The number of methoxy groups -OCH3 is 1. The second-order valence-electron chi connectivity index (χ2n) is 5.92. The summed E-state index contributed by atoms with van der Waals surface area (Å²) in [6, 6.07) is 9.51. The Morgan fingerprint density at radius 3 is 2.68 bits per heavy atom. The summed E-state index contributed by atoms with van der Waals surface area (Å²) in [7, 11) is -2.03. The van der Waals surface area contributed by atoms with Gasteiger partial charge in [0, 0.05) is 17.8 Å². The van der Waals surface area contributed by atoms with Gasteiger partial charge in [-0.2, -0.15) is 0 Å². The highest BCUT2D eigenvalue weighted by Gasteiger charge is 2.32. The molecule has 0 saturated carbocycles. The molecule has 0 radical (unpaired) electrons. The molecule has 3 rings (SSSR count). The normalized spacial score (nSPS) is 16.5. The summed E-state index contributed by atoms with van der Waals surface area (Å²) in [6.45, 7) is 2.12. The minimum absolute atomic E-state index is 0.0218. The van der Waals surface area contributed by atoms with Crippen molar-refractivity contribution in [2.75, 3.05) is 12.9 Å². The smallest absolute Gasteiger partial charge is 0.314 e. The van der Waals surface area contributed by atoms with Crippen LogP contribution in [-0.2, 0) is 25.9 Å². The Bertz CT molecular complexity index is 942. The molecule has 7 heteroatoms. The first-order valence-electron chi connectivity index (χ1n) is 8.03. The van der Waals surface area contributed by atoms with Crippen LogP contribution in [-0.4, -0.2) is 37.6 Å². The Morgan fingerprint density at radius 1 is 1.24 bits per heavy atom. The van der Waals surface area contributed by atoms with E-state index in [2.05, 4.69) is 0 Å². The number of sulfone groups is 1. The number of ketones is 1. The number of ether oxygens (including phenoxy) is 1. The van der Waals surface area contributed by atoms with E-state index in [-0.39, 0.29) is 28.3 Å². The zero-order chi connectivity index (χ0) is 18.2. The maximum atomic E-state index is 12.8. The highest BCUT2D eigenvalue weighted by atomic mass is 32.2. The van der Waals surface area contributed by atoms with Crippen LogP contribution in [0.5, 0.6) is 0 Å². The Hall–Kier alpha value is -2.41. The number of carbonyl (C=O) groups excluding carboxylic acids is 2. The van der Waals surface area contributed by atoms with Gasteiger partial charge in [0.25, 0.3) is 0 Å². The van der Waals surface area contributed by atoms with Gasteiger partial charge in [-0.25, -0.2) is 8.42 Å². The van der Waals surface area contributed by atoms with E-state index in [1.54, 1.807) is 31.2 Å². The van der Waals surface area contributed by atoms with Crippen LogP contribution in [0.3, 0.4) is 0 Å². The molecule has 1 aliphatic rings. The van der Waals surface area contributed by atoms with Crippen LogP contribution >= 0.6 is 0 Å². The van der Waals surface area contributed by atoms with Gasteiger partial charge in [0.2, 0.25) is 5.78 Å². The molecule has 132 valence electrons. The lowest BCUT2D eigenvalue weighted by atomic mass is 10.1.